The van der Waals surface area contributed by atoms with Gasteiger partial charge in [0.05, 0.1) is 6.61 Å². The molecule has 1 heterocycles. The number of methoxy groups -OCH3 is 1. The highest BCUT2D eigenvalue weighted by Crippen LogP contribution is 2.17. The standard InChI is InChI=1S/C14H25N3O/c1-5-13-8-12(10-15)9-14(16-13)17(11(2)3)6-7-18-4/h8-9,11H,5-7,10,15H2,1-4H3. The summed E-state index contributed by atoms with van der Waals surface area (Å²) in [7, 11) is 1.72. The first-order chi connectivity index (χ1) is 8.62. The van der Waals surface area contributed by atoms with E-state index in [1.165, 1.54) is 0 Å². The Hall–Kier alpha value is -1.13. The lowest BCUT2D eigenvalue weighted by Gasteiger charge is -2.28. The summed E-state index contributed by atoms with van der Waals surface area (Å²) >= 11 is 0. The van der Waals surface area contributed by atoms with E-state index in [1.54, 1.807) is 7.11 Å². The molecule has 0 radical (unpaired) electrons. The minimum Gasteiger partial charge on any atom is -0.383 e. The van der Waals surface area contributed by atoms with Crippen LogP contribution in [0.4, 0.5) is 5.82 Å². The van der Waals surface area contributed by atoms with Crippen LogP contribution in [-0.4, -0.2) is 31.3 Å². The van der Waals surface area contributed by atoms with E-state index >= 15 is 0 Å². The van der Waals surface area contributed by atoms with Crippen molar-refractivity contribution in [3.05, 3.63) is 23.4 Å². The molecule has 0 fully saturated rings. The molecule has 2 N–H and O–H groups in total. The van der Waals surface area contributed by atoms with Crippen molar-refractivity contribution < 1.29 is 4.74 Å². The van der Waals surface area contributed by atoms with Gasteiger partial charge in [-0.3, -0.25) is 0 Å². The Labute approximate surface area is 110 Å². The third-order valence-electron chi connectivity index (χ3n) is 2.98. The normalized spacial score (nSPS) is 11.0. The van der Waals surface area contributed by atoms with E-state index in [2.05, 4.69) is 42.8 Å². The van der Waals surface area contributed by atoms with E-state index in [0.717, 1.165) is 30.0 Å². The number of pyridine rings is 1. The molecule has 1 rings (SSSR count). The van der Waals surface area contributed by atoms with Crippen LogP contribution in [0.5, 0.6) is 0 Å². The molecule has 0 aromatic carbocycles. The Morgan fingerprint density at radius 1 is 1.39 bits per heavy atom. The summed E-state index contributed by atoms with van der Waals surface area (Å²) in [5.74, 6) is 1.00. The second-order valence-corrected chi connectivity index (χ2v) is 4.66. The van der Waals surface area contributed by atoms with Gasteiger partial charge in [0.1, 0.15) is 5.82 Å². The molecule has 0 spiro atoms. The third-order valence-corrected chi connectivity index (χ3v) is 2.98. The summed E-state index contributed by atoms with van der Waals surface area (Å²) in [6, 6.07) is 4.55. The van der Waals surface area contributed by atoms with Crippen LogP contribution in [-0.2, 0) is 17.7 Å². The topological polar surface area (TPSA) is 51.4 Å². The average Bonchev–Trinajstić information content (AvgIpc) is 2.38. The molecule has 4 nitrogen and oxygen atoms in total. The molecule has 0 aliphatic carbocycles. The number of rotatable bonds is 7. The van der Waals surface area contributed by atoms with E-state index in [4.69, 9.17) is 10.5 Å². The zero-order valence-electron chi connectivity index (χ0n) is 11.9. The van der Waals surface area contributed by atoms with Crippen molar-refractivity contribution in [2.45, 2.75) is 39.8 Å². The Kier molecular flexibility index (Phi) is 6.09. The highest BCUT2D eigenvalue weighted by atomic mass is 16.5. The van der Waals surface area contributed by atoms with Crippen LogP contribution in [0.15, 0.2) is 12.1 Å². The van der Waals surface area contributed by atoms with E-state index in [9.17, 15) is 0 Å². The molecule has 0 bridgehead atoms. The molecule has 0 unspecified atom stereocenters. The SMILES string of the molecule is CCc1cc(CN)cc(N(CCOC)C(C)C)n1. The molecule has 0 saturated heterocycles. The maximum Gasteiger partial charge on any atom is 0.129 e. The van der Waals surface area contributed by atoms with Crippen LogP contribution < -0.4 is 10.6 Å². The van der Waals surface area contributed by atoms with Crippen LogP contribution in [0.1, 0.15) is 32.0 Å². The van der Waals surface area contributed by atoms with Crippen molar-refractivity contribution >= 4 is 5.82 Å². The average molecular weight is 251 g/mol. The number of nitrogens with two attached hydrogens (primary N) is 1. The summed E-state index contributed by atoms with van der Waals surface area (Å²) in [6.07, 6.45) is 0.928. The number of hydrogen-bond acceptors (Lipinski definition) is 4. The van der Waals surface area contributed by atoms with Crippen molar-refractivity contribution in [1.29, 1.82) is 0 Å². The molecule has 18 heavy (non-hydrogen) atoms. The number of nitrogens with zero attached hydrogens (tertiary/aromatic N) is 2. The van der Waals surface area contributed by atoms with Crippen molar-refractivity contribution in [3.8, 4) is 0 Å². The highest BCUT2D eigenvalue weighted by molar-refractivity contribution is 5.43. The molecule has 0 atom stereocenters. The van der Waals surface area contributed by atoms with E-state index in [-0.39, 0.29) is 0 Å². The number of aromatic nitrogens is 1. The maximum absolute atomic E-state index is 5.75. The molecule has 0 amide bonds. The summed E-state index contributed by atoms with van der Waals surface area (Å²) in [5.41, 5.74) is 7.98. The monoisotopic (exact) mass is 251 g/mol. The third kappa shape index (κ3) is 3.96. The van der Waals surface area contributed by atoms with Crippen molar-refractivity contribution in [1.82, 2.24) is 4.98 Å². The number of ether oxygens (including phenoxy) is 1. The van der Waals surface area contributed by atoms with Gasteiger partial charge in [-0.25, -0.2) is 4.98 Å². The van der Waals surface area contributed by atoms with Crippen molar-refractivity contribution in [2.75, 3.05) is 25.2 Å². The lowest BCUT2D eigenvalue weighted by atomic mass is 10.2. The zero-order valence-corrected chi connectivity index (χ0v) is 11.9. The first-order valence-corrected chi connectivity index (χ1v) is 6.57. The molecule has 4 heteroatoms. The van der Waals surface area contributed by atoms with Crippen molar-refractivity contribution in [3.63, 3.8) is 0 Å². The summed E-state index contributed by atoms with van der Waals surface area (Å²) in [6.45, 7) is 8.54. The Morgan fingerprint density at radius 2 is 2.11 bits per heavy atom. The van der Waals surface area contributed by atoms with E-state index in [0.29, 0.717) is 19.2 Å². The van der Waals surface area contributed by atoms with Crippen molar-refractivity contribution in [2.24, 2.45) is 5.73 Å². The molecular weight excluding hydrogens is 226 g/mol. The van der Waals surface area contributed by atoms with Gasteiger partial charge in [0, 0.05) is 31.9 Å². The summed E-state index contributed by atoms with van der Waals surface area (Å²) in [5, 5.41) is 0. The largest absolute Gasteiger partial charge is 0.383 e. The maximum atomic E-state index is 5.75. The predicted molar refractivity (Wildman–Crippen MR) is 75.9 cm³/mol. The molecule has 1 aromatic rings. The predicted octanol–water partition coefficient (Wildman–Crippen LogP) is 1.96. The molecule has 0 saturated carbocycles. The van der Waals surface area contributed by atoms with E-state index < -0.39 is 0 Å². The number of aryl methyl sites for hydroxylation is 1. The molecule has 0 aliphatic heterocycles. The van der Waals surface area contributed by atoms with Crippen LogP contribution in [0.2, 0.25) is 0 Å². The second kappa shape index (κ2) is 7.34. The second-order valence-electron chi connectivity index (χ2n) is 4.66. The fourth-order valence-corrected chi connectivity index (χ4v) is 1.91. The number of hydrogen-bond donors (Lipinski definition) is 1. The first kappa shape index (κ1) is 14.9. The lowest BCUT2D eigenvalue weighted by Crippen LogP contribution is -2.34. The van der Waals surface area contributed by atoms with Gasteiger partial charge in [-0.2, -0.15) is 0 Å². The smallest absolute Gasteiger partial charge is 0.129 e. The Bertz CT molecular complexity index is 344. The number of anilines is 1. The quantitative estimate of drug-likeness (QED) is 0.805. The Balaban J connectivity index is 3.02. The molecular formula is C14H25N3O. The van der Waals surface area contributed by atoms with Gasteiger partial charge in [0.2, 0.25) is 0 Å². The summed E-state index contributed by atoms with van der Waals surface area (Å²) in [4.78, 5) is 6.94. The van der Waals surface area contributed by atoms with Gasteiger partial charge < -0.3 is 15.4 Å². The zero-order chi connectivity index (χ0) is 13.5. The fourth-order valence-electron chi connectivity index (χ4n) is 1.91. The Morgan fingerprint density at radius 3 is 2.61 bits per heavy atom. The molecule has 0 aliphatic rings. The fraction of sp³-hybridized carbons (Fsp3) is 0.643. The highest BCUT2D eigenvalue weighted by Gasteiger charge is 2.13. The van der Waals surface area contributed by atoms with E-state index in [1.807, 2.05) is 0 Å². The van der Waals surface area contributed by atoms with Crippen LogP contribution in [0.3, 0.4) is 0 Å². The van der Waals surface area contributed by atoms with Gasteiger partial charge >= 0.3 is 0 Å². The first-order valence-electron chi connectivity index (χ1n) is 6.57. The van der Waals surface area contributed by atoms with Crippen LogP contribution >= 0.6 is 0 Å². The molecule has 102 valence electrons. The van der Waals surface area contributed by atoms with Gasteiger partial charge in [-0.05, 0) is 38.0 Å². The van der Waals surface area contributed by atoms with Gasteiger partial charge in [0.25, 0.3) is 0 Å². The summed E-state index contributed by atoms with van der Waals surface area (Å²) < 4.78 is 5.16. The van der Waals surface area contributed by atoms with Gasteiger partial charge in [-0.1, -0.05) is 6.92 Å². The minimum absolute atomic E-state index is 0.394. The minimum atomic E-state index is 0.394. The molecule has 1 aromatic heterocycles. The van der Waals surface area contributed by atoms with Gasteiger partial charge in [0.15, 0.2) is 0 Å². The van der Waals surface area contributed by atoms with Crippen LogP contribution in [0, 0.1) is 0 Å². The van der Waals surface area contributed by atoms with Gasteiger partial charge in [-0.15, -0.1) is 0 Å². The lowest BCUT2D eigenvalue weighted by molar-refractivity contribution is 0.203. The van der Waals surface area contributed by atoms with Crippen LogP contribution in [0.25, 0.3) is 0 Å².